The molecule has 1 amide bonds. The number of carbonyl (C=O) groups excluding carboxylic acids is 2. The molecule has 3 aromatic rings. The zero-order valence-electron chi connectivity index (χ0n) is 21.5. The van der Waals surface area contributed by atoms with E-state index in [1.807, 2.05) is 13.8 Å². The fourth-order valence-electron chi connectivity index (χ4n) is 4.04. The molecule has 1 unspecified atom stereocenters. The van der Waals surface area contributed by atoms with Crippen LogP contribution in [0.1, 0.15) is 42.4 Å². The molecule has 10 heteroatoms. The lowest BCUT2D eigenvalue weighted by Gasteiger charge is -2.23. The maximum Gasteiger partial charge on any atom is 0.301 e. The van der Waals surface area contributed by atoms with Crippen LogP contribution in [0.25, 0.3) is 5.76 Å². The maximum atomic E-state index is 13.4. The minimum atomic E-state index is -0.967. The van der Waals surface area contributed by atoms with Crippen LogP contribution in [0.4, 0.5) is 5.13 Å². The summed E-state index contributed by atoms with van der Waals surface area (Å²) in [6.07, 6.45) is 2.48. The number of hydrogen-bond donors (Lipinski definition) is 1. The van der Waals surface area contributed by atoms with Gasteiger partial charge in [-0.15, -0.1) is 10.2 Å². The zero-order chi connectivity index (χ0) is 27.2. The molecule has 1 atom stereocenters. The molecule has 1 aromatic heterocycles. The van der Waals surface area contributed by atoms with Gasteiger partial charge in [-0.2, -0.15) is 0 Å². The lowest BCUT2D eigenvalue weighted by Crippen LogP contribution is -2.29. The molecule has 0 radical (unpaired) electrons. The summed E-state index contributed by atoms with van der Waals surface area (Å²) in [5, 5.41) is 20.4. The summed E-state index contributed by atoms with van der Waals surface area (Å²) in [5.74, 6) is -0.368. The highest BCUT2D eigenvalue weighted by molar-refractivity contribution is 7.15. The Morgan fingerprint density at radius 2 is 1.84 bits per heavy atom. The van der Waals surface area contributed by atoms with Gasteiger partial charge in [-0.1, -0.05) is 37.0 Å². The van der Waals surface area contributed by atoms with Gasteiger partial charge < -0.3 is 19.3 Å². The third-order valence-electron chi connectivity index (χ3n) is 5.71. The number of hydrogen-bond acceptors (Lipinski definition) is 9. The molecule has 1 aliphatic rings. The van der Waals surface area contributed by atoms with Gasteiger partial charge in [0.2, 0.25) is 5.13 Å². The molecular formula is C28H29N3O6S. The summed E-state index contributed by atoms with van der Waals surface area (Å²) in [6, 6.07) is 10.9. The number of aryl methyl sites for hydroxylation is 1. The number of amides is 1. The van der Waals surface area contributed by atoms with E-state index in [0.29, 0.717) is 46.6 Å². The topological polar surface area (TPSA) is 111 Å². The van der Waals surface area contributed by atoms with Crippen molar-refractivity contribution in [2.75, 3.05) is 24.7 Å². The number of ketones is 1. The van der Waals surface area contributed by atoms with Crippen LogP contribution in [0.15, 0.2) is 60.7 Å². The molecule has 2 aromatic carbocycles. The minimum absolute atomic E-state index is 0.0627. The molecule has 38 heavy (non-hydrogen) atoms. The number of aliphatic hydroxyl groups is 1. The number of aromatic nitrogens is 2. The number of ether oxygens (including phenoxy) is 3. The summed E-state index contributed by atoms with van der Waals surface area (Å²) < 4.78 is 17.1. The van der Waals surface area contributed by atoms with Crippen LogP contribution < -0.4 is 19.1 Å². The Bertz CT molecular complexity index is 1370. The summed E-state index contributed by atoms with van der Waals surface area (Å²) in [6.45, 7) is 10.5. The molecule has 9 nitrogen and oxygen atoms in total. The number of nitrogens with zero attached hydrogens (tertiary/aromatic N) is 3. The van der Waals surface area contributed by atoms with Crippen molar-refractivity contribution in [3.8, 4) is 17.2 Å². The Balaban J connectivity index is 1.86. The Morgan fingerprint density at radius 3 is 2.47 bits per heavy atom. The fourth-order valence-corrected chi connectivity index (χ4v) is 4.76. The highest BCUT2D eigenvalue weighted by atomic mass is 32.1. The summed E-state index contributed by atoms with van der Waals surface area (Å²) >= 11 is 1.18. The van der Waals surface area contributed by atoms with E-state index in [1.54, 1.807) is 55.5 Å². The molecule has 0 aliphatic carbocycles. The van der Waals surface area contributed by atoms with Gasteiger partial charge in [0.25, 0.3) is 5.78 Å². The molecule has 1 fully saturated rings. The van der Waals surface area contributed by atoms with E-state index < -0.39 is 17.7 Å². The second-order valence-electron chi connectivity index (χ2n) is 8.38. The first-order valence-electron chi connectivity index (χ1n) is 12.2. The number of rotatable bonds is 11. The zero-order valence-corrected chi connectivity index (χ0v) is 22.3. The number of Topliss-reactive ketones (excluding diaryl/α,β-unsaturated/α-hetero) is 1. The van der Waals surface area contributed by atoms with E-state index in [-0.39, 0.29) is 23.1 Å². The van der Waals surface area contributed by atoms with Gasteiger partial charge in [0.15, 0.2) is 11.5 Å². The predicted molar refractivity (Wildman–Crippen MR) is 145 cm³/mol. The van der Waals surface area contributed by atoms with Gasteiger partial charge in [0.1, 0.15) is 23.1 Å². The van der Waals surface area contributed by atoms with Gasteiger partial charge in [-0.3, -0.25) is 14.5 Å². The number of aliphatic hydroxyl groups excluding tert-OH is 1. The second kappa shape index (κ2) is 11.9. The predicted octanol–water partition coefficient (Wildman–Crippen LogP) is 5.23. The molecule has 0 saturated carbocycles. The number of anilines is 1. The van der Waals surface area contributed by atoms with Crippen molar-refractivity contribution >= 4 is 33.9 Å². The van der Waals surface area contributed by atoms with Gasteiger partial charge >= 0.3 is 5.91 Å². The van der Waals surface area contributed by atoms with Crippen LogP contribution in [0.5, 0.6) is 17.2 Å². The Morgan fingerprint density at radius 1 is 1.08 bits per heavy atom. The number of benzene rings is 2. The van der Waals surface area contributed by atoms with E-state index in [1.165, 1.54) is 16.2 Å². The van der Waals surface area contributed by atoms with E-state index in [4.69, 9.17) is 14.2 Å². The lowest BCUT2D eigenvalue weighted by molar-refractivity contribution is -0.132. The SMILES string of the molecule is C=CCOc1ccc(C2/C(=C(\O)c3ccc(OCCC)cc3)C(=O)C(=O)N2c2nnc(C)s2)cc1OCC. The normalized spacial score (nSPS) is 16.5. The van der Waals surface area contributed by atoms with Crippen molar-refractivity contribution in [3.05, 3.63) is 76.8 Å². The Labute approximate surface area is 225 Å². The molecule has 198 valence electrons. The third-order valence-corrected chi connectivity index (χ3v) is 6.54. The van der Waals surface area contributed by atoms with Crippen LogP contribution in [0.3, 0.4) is 0 Å². The van der Waals surface area contributed by atoms with Crippen molar-refractivity contribution in [2.24, 2.45) is 0 Å². The van der Waals surface area contributed by atoms with Crippen molar-refractivity contribution in [1.82, 2.24) is 10.2 Å². The average molecular weight is 536 g/mol. The van der Waals surface area contributed by atoms with E-state index in [0.717, 1.165) is 6.42 Å². The quantitative estimate of drug-likeness (QED) is 0.154. The van der Waals surface area contributed by atoms with Crippen LogP contribution in [0.2, 0.25) is 0 Å². The Hall–Kier alpha value is -4.18. The molecular weight excluding hydrogens is 506 g/mol. The van der Waals surface area contributed by atoms with Gasteiger partial charge in [0.05, 0.1) is 24.8 Å². The molecule has 1 N–H and O–H groups in total. The average Bonchev–Trinajstić information content (AvgIpc) is 3.46. The highest BCUT2D eigenvalue weighted by Gasteiger charge is 2.48. The molecule has 0 spiro atoms. The molecule has 1 aliphatic heterocycles. The summed E-state index contributed by atoms with van der Waals surface area (Å²) in [7, 11) is 0. The van der Waals surface area contributed by atoms with Gasteiger partial charge in [-0.25, -0.2) is 0 Å². The first-order chi connectivity index (χ1) is 18.4. The Kier molecular flexibility index (Phi) is 8.42. The number of carbonyl (C=O) groups is 2. The van der Waals surface area contributed by atoms with Gasteiger partial charge in [-0.05, 0) is 62.2 Å². The van der Waals surface area contributed by atoms with E-state index in [9.17, 15) is 14.7 Å². The summed E-state index contributed by atoms with van der Waals surface area (Å²) in [4.78, 5) is 28.0. The van der Waals surface area contributed by atoms with Crippen LogP contribution >= 0.6 is 11.3 Å². The second-order valence-corrected chi connectivity index (χ2v) is 9.54. The smallest absolute Gasteiger partial charge is 0.301 e. The summed E-state index contributed by atoms with van der Waals surface area (Å²) in [5.41, 5.74) is 0.851. The van der Waals surface area contributed by atoms with Crippen molar-refractivity contribution < 1.29 is 28.9 Å². The molecule has 4 rings (SSSR count). The monoisotopic (exact) mass is 535 g/mol. The van der Waals surface area contributed by atoms with Crippen molar-refractivity contribution in [3.63, 3.8) is 0 Å². The largest absolute Gasteiger partial charge is 0.507 e. The highest BCUT2D eigenvalue weighted by Crippen LogP contribution is 2.44. The molecule has 0 bridgehead atoms. The standard InChI is InChI=1S/C28H29N3O6S/c1-5-14-36-20-11-8-18(9-12-20)25(32)23-24(31(27(34)26(23)33)28-30-29-17(4)38-28)19-10-13-21(37-15-6-2)22(16-19)35-7-3/h6,8-13,16,24,32H,2,5,7,14-15H2,1,3-4H3/b25-23+. The van der Waals surface area contributed by atoms with Gasteiger partial charge in [0, 0.05) is 5.56 Å². The van der Waals surface area contributed by atoms with Crippen molar-refractivity contribution in [2.45, 2.75) is 33.2 Å². The van der Waals surface area contributed by atoms with Crippen molar-refractivity contribution in [1.29, 1.82) is 0 Å². The van der Waals surface area contributed by atoms with Crippen LogP contribution in [-0.2, 0) is 9.59 Å². The van der Waals surface area contributed by atoms with E-state index in [2.05, 4.69) is 16.8 Å². The fraction of sp³-hybridized carbons (Fsp3) is 0.286. The first-order valence-corrected chi connectivity index (χ1v) is 13.1. The molecule has 2 heterocycles. The lowest BCUT2D eigenvalue weighted by atomic mass is 9.95. The van der Waals surface area contributed by atoms with Crippen LogP contribution in [0, 0.1) is 6.92 Å². The molecule has 1 saturated heterocycles. The minimum Gasteiger partial charge on any atom is -0.507 e. The maximum absolute atomic E-state index is 13.4. The third kappa shape index (κ3) is 5.40. The first kappa shape index (κ1) is 26.9. The van der Waals surface area contributed by atoms with E-state index >= 15 is 0 Å². The van der Waals surface area contributed by atoms with Crippen LogP contribution in [-0.4, -0.2) is 46.8 Å².